The third kappa shape index (κ3) is 2.85. The van der Waals surface area contributed by atoms with Gasteiger partial charge in [-0.05, 0) is 53.7 Å². The molecule has 0 radical (unpaired) electrons. The Morgan fingerprint density at radius 1 is 1.45 bits per heavy atom. The molecule has 1 aliphatic heterocycles. The molecule has 3 rings (SSSR count). The van der Waals surface area contributed by atoms with E-state index < -0.39 is 0 Å². The average Bonchev–Trinajstić information content (AvgIpc) is 3.09. The van der Waals surface area contributed by atoms with Crippen LogP contribution in [0.2, 0.25) is 0 Å². The summed E-state index contributed by atoms with van der Waals surface area (Å²) >= 11 is 7.20. The van der Waals surface area contributed by atoms with Gasteiger partial charge in [0, 0.05) is 17.8 Å². The highest BCUT2D eigenvalue weighted by Gasteiger charge is 2.29. The predicted octanol–water partition coefficient (Wildman–Crippen LogP) is 3.78. The summed E-state index contributed by atoms with van der Waals surface area (Å²) in [6.07, 6.45) is -0.0638. The van der Waals surface area contributed by atoms with Crippen LogP contribution < -0.4 is 5.32 Å². The Kier molecular flexibility index (Phi) is 4.00. The lowest BCUT2D eigenvalue weighted by molar-refractivity contribution is 0.0646. The van der Waals surface area contributed by atoms with E-state index in [1.54, 1.807) is 11.3 Å². The normalized spacial score (nSPS) is 18.2. The molecule has 1 saturated heterocycles. The second-order valence-corrected chi connectivity index (χ2v) is 5.94. The van der Waals surface area contributed by atoms with Crippen molar-refractivity contribution < 1.29 is 4.74 Å². The predicted molar refractivity (Wildman–Crippen MR) is 87.1 cm³/mol. The zero-order valence-corrected chi connectivity index (χ0v) is 12.8. The first-order valence-electron chi connectivity index (χ1n) is 6.52. The van der Waals surface area contributed by atoms with Crippen LogP contribution in [-0.4, -0.2) is 23.2 Å². The van der Waals surface area contributed by atoms with Crippen LogP contribution in [-0.2, 0) is 4.74 Å². The molecule has 20 heavy (non-hydrogen) atoms. The number of thiophene rings is 1. The molecule has 5 heteroatoms. The summed E-state index contributed by atoms with van der Waals surface area (Å²) in [5.41, 5.74) is 3.40. The molecule has 1 atom stereocenters. The molecular formula is C15H16N2OS2. The smallest absolute Gasteiger partial charge is 0.175 e. The summed E-state index contributed by atoms with van der Waals surface area (Å²) in [4.78, 5) is 2.10. The van der Waals surface area contributed by atoms with Crippen molar-refractivity contribution in [2.24, 2.45) is 0 Å². The Hall–Kier alpha value is -1.43. The Morgan fingerprint density at radius 2 is 2.35 bits per heavy atom. The molecule has 0 amide bonds. The van der Waals surface area contributed by atoms with E-state index in [1.165, 1.54) is 11.1 Å². The highest BCUT2D eigenvalue weighted by atomic mass is 32.1. The molecule has 0 unspecified atom stereocenters. The van der Waals surface area contributed by atoms with Gasteiger partial charge in [0.2, 0.25) is 0 Å². The maximum atomic E-state index is 5.80. The van der Waals surface area contributed by atoms with E-state index in [0.29, 0.717) is 11.7 Å². The van der Waals surface area contributed by atoms with Gasteiger partial charge in [-0.25, -0.2) is 0 Å². The van der Waals surface area contributed by atoms with Crippen LogP contribution in [0.25, 0.3) is 0 Å². The highest BCUT2D eigenvalue weighted by molar-refractivity contribution is 7.80. The fourth-order valence-corrected chi connectivity index (χ4v) is 3.26. The van der Waals surface area contributed by atoms with Crippen LogP contribution in [0.4, 0.5) is 5.69 Å². The summed E-state index contributed by atoms with van der Waals surface area (Å²) in [5.74, 6) is 0. The standard InChI is InChI=1S/C15H16N2OS2/c1-11-3-2-4-13(9-11)16-15(19)17-6-7-18-14(17)12-5-8-20-10-12/h2-5,8-10,14H,6-7H2,1H3,(H,16,19)/t14-/m0/s1. The molecule has 2 heterocycles. The number of nitrogens with zero attached hydrogens (tertiary/aromatic N) is 1. The molecular weight excluding hydrogens is 288 g/mol. The largest absolute Gasteiger partial charge is 0.352 e. The van der Waals surface area contributed by atoms with Crippen molar-refractivity contribution in [3.05, 3.63) is 52.2 Å². The van der Waals surface area contributed by atoms with Gasteiger partial charge in [0.1, 0.15) is 0 Å². The van der Waals surface area contributed by atoms with Crippen LogP contribution >= 0.6 is 23.6 Å². The van der Waals surface area contributed by atoms with Crippen molar-refractivity contribution in [3.8, 4) is 0 Å². The fraction of sp³-hybridized carbons (Fsp3) is 0.267. The Bertz CT molecular complexity index is 598. The van der Waals surface area contributed by atoms with Crippen molar-refractivity contribution >= 4 is 34.4 Å². The van der Waals surface area contributed by atoms with E-state index in [-0.39, 0.29) is 6.23 Å². The van der Waals surface area contributed by atoms with E-state index in [0.717, 1.165) is 12.2 Å². The number of rotatable bonds is 2. The fourth-order valence-electron chi connectivity index (χ4n) is 2.29. The molecule has 0 saturated carbocycles. The minimum Gasteiger partial charge on any atom is -0.352 e. The lowest BCUT2D eigenvalue weighted by atomic mass is 10.2. The Balaban J connectivity index is 1.73. The lowest BCUT2D eigenvalue weighted by Gasteiger charge is -2.25. The first-order valence-corrected chi connectivity index (χ1v) is 7.87. The zero-order chi connectivity index (χ0) is 13.9. The second-order valence-electron chi connectivity index (χ2n) is 4.77. The first-order chi connectivity index (χ1) is 9.74. The van der Waals surface area contributed by atoms with E-state index in [1.807, 2.05) is 12.1 Å². The second kappa shape index (κ2) is 5.91. The summed E-state index contributed by atoms with van der Waals surface area (Å²) < 4.78 is 5.80. The van der Waals surface area contributed by atoms with Crippen LogP contribution in [0.5, 0.6) is 0 Å². The van der Waals surface area contributed by atoms with Crippen LogP contribution in [0.1, 0.15) is 17.4 Å². The molecule has 0 aliphatic carbocycles. The zero-order valence-electron chi connectivity index (χ0n) is 11.2. The summed E-state index contributed by atoms with van der Waals surface area (Å²) in [7, 11) is 0. The molecule has 1 fully saturated rings. The van der Waals surface area contributed by atoms with Gasteiger partial charge in [0.25, 0.3) is 0 Å². The third-order valence-corrected chi connectivity index (χ3v) is 4.29. The SMILES string of the molecule is Cc1cccc(NC(=S)N2CCO[C@H]2c2ccsc2)c1. The van der Waals surface area contributed by atoms with Gasteiger partial charge in [-0.2, -0.15) is 11.3 Å². The summed E-state index contributed by atoms with van der Waals surface area (Å²) in [5, 5.41) is 8.18. The highest BCUT2D eigenvalue weighted by Crippen LogP contribution is 2.29. The van der Waals surface area contributed by atoms with Crippen molar-refractivity contribution in [1.82, 2.24) is 4.90 Å². The van der Waals surface area contributed by atoms with Crippen molar-refractivity contribution in [2.75, 3.05) is 18.5 Å². The molecule has 0 bridgehead atoms. The monoisotopic (exact) mass is 304 g/mol. The first kappa shape index (κ1) is 13.5. The number of hydrogen-bond donors (Lipinski definition) is 1. The van der Waals surface area contributed by atoms with Crippen LogP contribution in [0, 0.1) is 6.92 Å². The van der Waals surface area contributed by atoms with E-state index >= 15 is 0 Å². The van der Waals surface area contributed by atoms with Crippen molar-refractivity contribution in [1.29, 1.82) is 0 Å². The quantitative estimate of drug-likeness (QED) is 0.853. The molecule has 3 nitrogen and oxygen atoms in total. The van der Waals surface area contributed by atoms with Gasteiger partial charge in [-0.3, -0.25) is 0 Å². The van der Waals surface area contributed by atoms with E-state index in [4.69, 9.17) is 17.0 Å². The number of aryl methyl sites for hydroxylation is 1. The number of ether oxygens (including phenoxy) is 1. The average molecular weight is 304 g/mol. The van der Waals surface area contributed by atoms with Crippen LogP contribution in [0.15, 0.2) is 41.1 Å². The summed E-state index contributed by atoms with van der Waals surface area (Å²) in [6.45, 7) is 3.59. The van der Waals surface area contributed by atoms with Gasteiger partial charge >= 0.3 is 0 Å². The minimum absolute atomic E-state index is 0.0638. The number of hydrogen-bond acceptors (Lipinski definition) is 3. The van der Waals surface area contributed by atoms with Crippen LogP contribution in [0.3, 0.4) is 0 Å². The summed E-state index contributed by atoms with van der Waals surface area (Å²) in [6, 6.07) is 10.3. The number of benzene rings is 1. The third-order valence-electron chi connectivity index (χ3n) is 3.25. The minimum atomic E-state index is -0.0638. The lowest BCUT2D eigenvalue weighted by Crippen LogP contribution is -2.34. The maximum absolute atomic E-state index is 5.80. The number of anilines is 1. The van der Waals surface area contributed by atoms with Gasteiger partial charge in [-0.1, -0.05) is 12.1 Å². The van der Waals surface area contributed by atoms with E-state index in [2.05, 4.69) is 46.1 Å². The number of nitrogens with one attached hydrogen (secondary N) is 1. The van der Waals surface area contributed by atoms with Crippen molar-refractivity contribution in [2.45, 2.75) is 13.2 Å². The van der Waals surface area contributed by atoms with Gasteiger partial charge in [0.05, 0.1) is 6.61 Å². The van der Waals surface area contributed by atoms with Crippen molar-refractivity contribution in [3.63, 3.8) is 0 Å². The molecule has 1 aliphatic rings. The molecule has 1 N–H and O–H groups in total. The van der Waals surface area contributed by atoms with Gasteiger partial charge < -0.3 is 15.0 Å². The molecule has 104 valence electrons. The molecule has 0 spiro atoms. The Labute approximate surface area is 128 Å². The van der Waals surface area contributed by atoms with Gasteiger partial charge in [-0.15, -0.1) is 0 Å². The molecule has 2 aromatic rings. The Morgan fingerprint density at radius 3 is 3.10 bits per heavy atom. The van der Waals surface area contributed by atoms with E-state index in [9.17, 15) is 0 Å². The topological polar surface area (TPSA) is 24.5 Å². The maximum Gasteiger partial charge on any atom is 0.175 e. The molecule has 1 aromatic heterocycles. The molecule has 1 aromatic carbocycles. The van der Waals surface area contributed by atoms with Gasteiger partial charge in [0.15, 0.2) is 11.3 Å². The number of thiocarbonyl (C=S) groups is 1.